The second-order valence-electron chi connectivity index (χ2n) is 3.87. The molecule has 2 rings (SSSR count). The summed E-state index contributed by atoms with van der Waals surface area (Å²) in [5.74, 6) is -0.892. The molecule has 0 spiro atoms. The van der Waals surface area contributed by atoms with Crippen LogP contribution in [0, 0.1) is 0 Å². The zero-order valence-corrected chi connectivity index (χ0v) is 8.85. The first-order valence-corrected chi connectivity index (χ1v) is 5.19. The van der Waals surface area contributed by atoms with Gasteiger partial charge in [-0.3, -0.25) is 9.78 Å². The lowest BCUT2D eigenvalue weighted by Gasteiger charge is -2.21. The highest BCUT2D eigenvalue weighted by atomic mass is 16.5. The Labute approximate surface area is 93.2 Å². The lowest BCUT2D eigenvalue weighted by Crippen LogP contribution is -2.21. The van der Waals surface area contributed by atoms with Crippen LogP contribution in [0.25, 0.3) is 0 Å². The Morgan fingerprint density at radius 2 is 2.44 bits per heavy atom. The van der Waals surface area contributed by atoms with Crippen molar-refractivity contribution in [2.24, 2.45) is 5.73 Å². The van der Waals surface area contributed by atoms with E-state index in [0.717, 1.165) is 23.1 Å². The van der Waals surface area contributed by atoms with Crippen molar-refractivity contribution in [3.05, 3.63) is 29.1 Å². The maximum atomic E-state index is 10.6. The Balaban J connectivity index is 2.29. The molecule has 0 radical (unpaired) electrons. The molecule has 0 fully saturated rings. The predicted molar refractivity (Wildman–Crippen MR) is 56.8 cm³/mol. The molecule has 1 aromatic rings. The van der Waals surface area contributed by atoms with E-state index in [4.69, 9.17) is 15.6 Å². The van der Waals surface area contributed by atoms with Crippen molar-refractivity contribution in [1.29, 1.82) is 0 Å². The van der Waals surface area contributed by atoms with E-state index in [1.54, 1.807) is 12.4 Å². The molecule has 1 unspecified atom stereocenters. The van der Waals surface area contributed by atoms with E-state index in [1.165, 1.54) is 0 Å². The molecule has 86 valence electrons. The third kappa shape index (κ3) is 2.20. The SMILES string of the molecule is NC(CC(=O)O)c1cncc2c1CCOC2. The van der Waals surface area contributed by atoms with Gasteiger partial charge in [0.15, 0.2) is 0 Å². The zero-order valence-electron chi connectivity index (χ0n) is 8.85. The molecule has 2 heterocycles. The number of hydrogen-bond donors (Lipinski definition) is 2. The van der Waals surface area contributed by atoms with Gasteiger partial charge >= 0.3 is 5.97 Å². The van der Waals surface area contributed by atoms with E-state index in [9.17, 15) is 4.79 Å². The summed E-state index contributed by atoms with van der Waals surface area (Å²) >= 11 is 0. The van der Waals surface area contributed by atoms with Gasteiger partial charge in [0.25, 0.3) is 0 Å². The first-order chi connectivity index (χ1) is 7.68. The number of carbonyl (C=O) groups is 1. The Morgan fingerprint density at radius 1 is 1.62 bits per heavy atom. The van der Waals surface area contributed by atoms with Crippen molar-refractivity contribution in [3.8, 4) is 0 Å². The summed E-state index contributed by atoms with van der Waals surface area (Å²) < 4.78 is 5.31. The van der Waals surface area contributed by atoms with Crippen molar-refractivity contribution in [2.45, 2.75) is 25.5 Å². The van der Waals surface area contributed by atoms with Crippen LogP contribution in [-0.4, -0.2) is 22.7 Å². The van der Waals surface area contributed by atoms with Gasteiger partial charge in [-0.15, -0.1) is 0 Å². The molecule has 1 atom stereocenters. The average Bonchev–Trinajstić information content (AvgIpc) is 2.27. The number of pyridine rings is 1. The van der Waals surface area contributed by atoms with Crippen molar-refractivity contribution in [3.63, 3.8) is 0 Å². The summed E-state index contributed by atoms with van der Waals surface area (Å²) in [5.41, 5.74) is 8.82. The second kappa shape index (κ2) is 4.59. The van der Waals surface area contributed by atoms with Crippen LogP contribution in [0.5, 0.6) is 0 Å². The number of carboxylic acid groups (broad SMARTS) is 1. The topological polar surface area (TPSA) is 85.4 Å². The van der Waals surface area contributed by atoms with Crippen LogP contribution >= 0.6 is 0 Å². The fourth-order valence-electron chi connectivity index (χ4n) is 1.95. The third-order valence-corrected chi connectivity index (χ3v) is 2.73. The van der Waals surface area contributed by atoms with Gasteiger partial charge in [-0.05, 0) is 23.1 Å². The minimum absolute atomic E-state index is 0.0704. The van der Waals surface area contributed by atoms with E-state index in [1.807, 2.05) is 0 Å². The molecule has 16 heavy (non-hydrogen) atoms. The van der Waals surface area contributed by atoms with Crippen molar-refractivity contribution in [2.75, 3.05) is 6.61 Å². The molecule has 1 aliphatic rings. The molecule has 3 N–H and O–H groups in total. The number of nitrogens with zero attached hydrogens (tertiary/aromatic N) is 1. The quantitative estimate of drug-likeness (QED) is 0.783. The number of ether oxygens (including phenoxy) is 1. The predicted octanol–water partition coefficient (Wildman–Crippen LogP) is 0.629. The monoisotopic (exact) mass is 222 g/mol. The largest absolute Gasteiger partial charge is 0.481 e. The molecule has 5 nitrogen and oxygen atoms in total. The number of nitrogens with two attached hydrogens (primary N) is 1. The summed E-state index contributed by atoms with van der Waals surface area (Å²) in [6.45, 7) is 1.19. The molecule has 0 saturated heterocycles. The smallest absolute Gasteiger partial charge is 0.305 e. The minimum Gasteiger partial charge on any atom is -0.481 e. The Bertz CT molecular complexity index is 406. The Hall–Kier alpha value is -1.46. The molecule has 0 amide bonds. The maximum Gasteiger partial charge on any atom is 0.305 e. The summed E-state index contributed by atoms with van der Waals surface area (Å²) in [7, 11) is 0. The van der Waals surface area contributed by atoms with E-state index in [0.29, 0.717) is 13.2 Å². The molecule has 1 aromatic heterocycles. The molecular weight excluding hydrogens is 208 g/mol. The molecular formula is C11H14N2O3. The Morgan fingerprint density at radius 3 is 3.19 bits per heavy atom. The average molecular weight is 222 g/mol. The van der Waals surface area contributed by atoms with E-state index in [2.05, 4.69) is 4.98 Å². The van der Waals surface area contributed by atoms with Crippen LogP contribution in [0.1, 0.15) is 29.2 Å². The maximum absolute atomic E-state index is 10.6. The highest BCUT2D eigenvalue weighted by Crippen LogP contribution is 2.24. The number of carboxylic acids is 1. The van der Waals surface area contributed by atoms with Gasteiger partial charge in [0.05, 0.1) is 19.6 Å². The van der Waals surface area contributed by atoms with Crippen LogP contribution in [-0.2, 0) is 22.6 Å². The molecule has 0 aromatic carbocycles. The fourth-order valence-corrected chi connectivity index (χ4v) is 1.95. The molecule has 0 aliphatic carbocycles. The minimum atomic E-state index is -0.892. The number of hydrogen-bond acceptors (Lipinski definition) is 4. The normalized spacial score (nSPS) is 16.6. The highest BCUT2D eigenvalue weighted by Gasteiger charge is 2.19. The standard InChI is InChI=1S/C11H14N2O3/c12-10(3-11(14)15)9-5-13-4-7-6-16-2-1-8(7)9/h4-5,10H,1-3,6,12H2,(H,14,15). The zero-order chi connectivity index (χ0) is 11.5. The van der Waals surface area contributed by atoms with E-state index in [-0.39, 0.29) is 6.42 Å². The molecule has 0 saturated carbocycles. The lowest BCUT2D eigenvalue weighted by molar-refractivity contribution is -0.137. The number of aromatic nitrogens is 1. The number of fused-ring (bicyclic) bond motifs is 1. The van der Waals surface area contributed by atoms with Gasteiger partial charge in [-0.1, -0.05) is 0 Å². The van der Waals surface area contributed by atoms with E-state index < -0.39 is 12.0 Å². The van der Waals surface area contributed by atoms with Gasteiger partial charge in [0, 0.05) is 18.4 Å². The van der Waals surface area contributed by atoms with Gasteiger partial charge < -0.3 is 15.6 Å². The van der Waals surface area contributed by atoms with E-state index >= 15 is 0 Å². The highest BCUT2D eigenvalue weighted by molar-refractivity contribution is 5.68. The first-order valence-electron chi connectivity index (χ1n) is 5.19. The van der Waals surface area contributed by atoms with Gasteiger partial charge in [0.2, 0.25) is 0 Å². The second-order valence-corrected chi connectivity index (χ2v) is 3.87. The number of rotatable bonds is 3. The first kappa shape index (κ1) is 11.0. The van der Waals surface area contributed by atoms with Gasteiger partial charge in [-0.25, -0.2) is 0 Å². The van der Waals surface area contributed by atoms with Gasteiger partial charge in [-0.2, -0.15) is 0 Å². The number of aliphatic carboxylic acids is 1. The molecule has 1 aliphatic heterocycles. The van der Waals surface area contributed by atoms with Crippen LogP contribution in [0.2, 0.25) is 0 Å². The van der Waals surface area contributed by atoms with Gasteiger partial charge in [0.1, 0.15) is 0 Å². The fraction of sp³-hybridized carbons (Fsp3) is 0.455. The van der Waals surface area contributed by atoms with Crippen LogP contribution < -0.4 is 5.73 Å². The van der Waals surface area contributed by atoms with Crippen LogP contribution in [0.3, 0.4) is 0 Å². The summed E-state index contributed by atoms with van der Waals surface area (Å²) in [4.78, 5) is 14.7. The van der Waals surface area contributed by atoms with Crippen LogP contribution in [0.15, 0.2) is 12.4 Å². The molecule has 0 bridgehead atoms. The lowest BCUT2D eigenvalue weighted by atomic mass is 9.94. The summed E-state index contributed by atoms with van der Waals surface area (Å²) in [6.07, 6.45) is 4.13. The molecule has 5 heteroatoms. The van der Waals surface area contributed by atoms with Crippen molar-refractivity contribution < 1.29 is 14.6 Å². The Kier molecular flexibility index (Phi) is 3.17. The summed E-state index contributed by atoms with van der Waals surface area (Å²) in [6, 6.07) is -0.488. The van der Waals surface area contributed by atoms with Crippen LogP contribution in [0.4, 0.5) is 0 Å². The summed E-state index contributed by atoms with van der Waals surface area (Å²) in [5, 5.41) is 8.72. The third-order valence-electron chi connectivity index (χ3n) is 2.73. The van der Waals surface area contributed by atoms with Crippen molar-refractivity contribution >= 4 is 5.97 Å². The van der Waals surface area contributed by atoms with Crippen molar-refractivity contribution in [1.82, 2.24) is 4.98 Å².